The Labute approximate surface area is 132 Å². The molecular formula is C15H14Cl2N2O2. The monoisotopic (exact) mass is 324 g/mol. The van der Waals surface area contributed by atoms with Crippen LogP contribution >= 0.6 is 23.2 Å². The molecule has 3 N–H and O–H groups in total. The van der Waals surface area contributed by atoms with Crippen LogP contribution in [0, 0.1) is 0 Å². The van der Waals surface area contributed by atoms with Crippen molar-refractivity contribution in [1.82, 2.24) is 5.32 Å². The van der Waals surface area contributed by atoms with Crippen molar-refractivity contribution in [2.24, 2.45) is 0 Å². The van der Waals surface area contributed by atoms with E-state index < -0.39 is 6.03 Å². The zero-order chi connectivity index (χ0) is 15.2. The van der Waals surface area contributed by atoms with E-state index in [9.17, 15) is 9.90 Å². The molecule has 2 rings (SSSR count). The van der Waals surface area contributed by atoms with Crippen molar-refractivity contribution in [3.05, 3.63) is 63.6 Å². The van der Waals surface area contributed by atoms with Gasteiger partial charge in [-0.15, -0.1) is 0 Å². The van der Waals surface area contributed by atoms with Gasteiger partial charge in [0.05, 0.1) is 22.3 Å². The molecule has 0 atom stereocenters. The summed E-state index contributed by atoms with van der Waals surface area (Å²) >= 11 is 11.9. The number of anilines is 1. The molecule has 0 saturated heterocycles. The third-order valence-corrected chi connectivity index (χ3v) is 3.75. The average Bonchev–Trinajstić information content (AvgIpc) is 2.50. The lowest BCUT2D eigenvalue weighted by Crippen LogP contribution is -2.28. The highest BCUT2D eigenvalue weighted by Crippen LogP contribution is 2.29. The molecule has 0 radical (unpaired) electrons. The molecule has 6 heteroatoms. The fourth-order valence-electron chi connectivity index (χ4n) is 1.83. The highest BCUT2D eigenvalue weighted by Gasteiger charge is 2.08. The zero-order valence-electron chi connectivity index (χ0n) is 11.1. The molecule has 2 amide bonds. The number of rotatable bonds is 4. The molecule has 4 nitrogen and oxygen atoms in total. The molecule has 0 heterocycles. The summed E-state index contributed by atoms with van der Waals surface area (Å²) in [6, 6.07) is 11.9. The van der Waals surface area contributed by atoms with Crippen molar-refractivity contribution in [2.75, 3.05) is 5.32 Å². The number of benzene rings is 2. The van der Waals surface area contributed by atoms with Gasteiger partial charge in [-0.3, -0.25) is 0 Å². The predicted molar refractivity (Wildman–Crippen MR) is 84.7 cm³/mol. The molecule has 0 saturated carbocycles. The van der Waals surface area contributed by atoms with Crippen LogP contribution in [0.15, 0.2) is 42.5 Å². The molecule has 0 aliphatic heterocycles. The number of amides is 2. The van der Waals surface area contributed by atoms with Crippen LogP contribution in [0.5, 0.6) is 0 Å². The first kappa shape index (κ1) is 15.6. The van der Waals surface area contributed by atoms with Crippen LogP contribution in [0.25, 0.3) is 0 Å². The molecule has 0 spiro atoms. The zero-order valence-corrected chi connectivity index (χ0v) is 12.6. The van der Waals surface area contributed by atoms with E-state index in [-0.39, 0.29) is 6.61 Å². The Morgan fingerprint density at radius 2 is 1.76 bits per heavy atom. The van der Waals surface area contributed by atoms with Gasteiger partial charge in [0.1, 0.15) is 0 Å². The maximum Gasteiger partial charge on any atom is 0.319 e. The summed E-state index contributed by atoms with van der Waals surface area (Å²) in [4.78, 5) is 11.9. The Bertz CT molecular complexity index is 647. The summed E-state index contributed by atoms with van der Waals surface area (Å²) in [7, 11) is 0. The quantitative estimate of drug-likeness (QED) is 0.800. The number of hydrogen-bond donors (Lipinski definition) is 3. The van der Waals surface area contributed by atoms with E-state index in [2.05, 4.69) is 10.6 Å². The van der Waals surface area contributed by atoms with Crippen LogP contribution in [0.2, 0.25) is 10.0 Å². The van der Waals surface area contributed by atoms with E-state index in [1.165, 1.54) is 0 Å². The first-order valence-corrected chi connectivity index (χ1v) is 7.04. The largest absolute Gasteiger partial charge is 0.392 e. The number of hydrogen-bond acceptors (Lipinski definition) is 2. The van der Waals surface area contributed by atoms with Crippen LogP contribution < -0.4 is 10.6 Å². The van der Waals surface area contributed by atoms with Gasteiger partial charge in [0.25, 0.3) is 0 Å². The van der Waals surface area contributed by atoms with Gasteiger partial charge in [0.15, 0.2) is 0 Å². The lowest BCUT2D eigenvalue weighted by Gasteiger charge is -2.11. The topological polar surface area (TPSA) is 61.4 Å². The Hall–Kier alpha value is -1.75. The van der Waals surface area contributed by atoms with Crippen molar-refractivity contribution in [1.29, 1.82) is 0 Å². The maximum absolute atomic E-state index is 11.9. The molecule has 0 aromatic heterocycles. The summed E-state index contributed by atoms with van der Waals surface area (Å²) in [5.41, 5.74) is 2.07. The van der Waals surface area contributed by atoms with Crippen LogP contribution in [0.3, 0.4) is 0 Å². The number of carbonyl (C=O) groups excluding carboxylic acids is 1. The van der Waals surface area contributed by atoms with E-state index in [1.54, 1.807) is 18.2 Å². The van der Waals surface area contributed by atoms with Gasteiger partial charge in [0.2, 0.25) is 0 Å². The number of urea groups is 1. The maximum atomic E-state index is 11.9. The van der Waals surface area contributed by atoms with Crippen molar-refractivity contribution < 1.29 is 9.90 Å². The Morgan fingerprint density at radius 3 is 2.48 bits per heavy atom. The number of aliphatic hydroxyl groups excluding tert-OH is 1. The van der Waals surface area contributed by atoms with E-state index in [0.29, 0.717) is 22.3 Å². The van der Waals surface area contributed by atoms with Gasteiger partial charge >= 0.3 is 6.03 Å². The van der Waals surface area contributed by atoms with Crippen LogP contribution in [-0.4, -0.2) is 11.1 Å². The molecule has 0 unspecified atom stereocenters. The number of aliphatic hydroxyl groups is 1. The fourth-order valence-corrected chi connectivity index (χ4v) is 2.17. The normalized spacial score (nSPS) is 10.2. The molecule has 0 aliphatic rings. The minimum atomic E-state index is -0.396. The summed E-state index contributed by atoms with van der Waals surface area (Å²) in [5.74, 6) is 0. The van der Waals surface area contributed by atoms with Crippen molar-refractivity contribution in [2.45, 2.75) is 13.2 Å². The SMILES string of the molecule is O=C(NCc1ccccc1CO)Nc1cccc(Cl)c1Cl. The first-order valence-electron chi connectivity index (χ1n) is 6.28. The van der Waals surface area contributed by atoms with Gasteiger partial charge in [-0.1, -0.05) is 53.5 Å². The van der Waals surface area contributed by atoms with E-state index in [0.717, 1.165) is 11.1 Å². The molecule has 0 fully saturated rings. The summed E-state index contributed by atoms with van der Waals surface area (Å²) < 4.78 is 0. The summed E-state index contributed by atoms with van der Waals surface area (Å²) in [6.07, 6.45) is 0. The Balaban J connectivity index is 1.98. The summed E-state index contributed by atoms with van der Waals surface area (Å²) in [6.45, 7) is 0.236. The van der Waals surface area contributed by atoms with Gasteiger partial charge in [0, 0.05) is 6.54 Å². The Kier molecular flexibility index (Phi) is 5.44. The van der Waals surface area contributed by atoms with Crippen molar-refractivity contribution >= 4 is 34.9 Å². The second-order valence-electron chi connectivity index (χ2n) is 4.34. The molecular weight excluding hydrogens is 311 g/mol. The van der Waals surface area contributed by atoms with E-state index in [4.69, 9.17) is 23.2 Å². The minimum Gasteiger partial charge on any atom is -0.392 e. The molecule has 0 aliphatic carbocycles. The fraction of sp³-hybridized carbons (Fsp3) is 0.133. The molecule has 0 bridgehead atoms. The number of nitrogens with one attached hydrogen (secondary N) is 2. The molecule has 110 valence electrons. The van der Waals surface area contributed by atoms with Crippen LogP contribution in [0.4, 0.5) is 10.5 Å². The highest BCUT2D eigenvalue weighted by molar-refractivity contribution is 6.43. The van der Waals surface area contributed by atoms with Crippen LogP contribution in [0.1, 0.15) is 11.1 Å². The van der Waals surface area contributed by atoms with Gasteiger partial charge < -0.3 is 15.7 Å². The molecule has 21 heavy (non-hydrogen) atoms. The smallest absolute Gasteiger partial charge is 0.319 e. The molecule has 2 aromatic rings. The molecule has 2 aromatic carbocycles. The Morgan fingerprint density at radius 1 is 1.05 bits per heavy atom. The lowest BCUT2D eigenvalue weighted by atomic mass is 10.1. The lowest BCUT2D eigenvalue weighted by molar-refractivity contribution is 0.251. The number of halogens is 2. The van der Waals surface area contributed by atoms with E-state index >= 15 is 0 Å². The van der Waals surface area contributed by atoms with Crippen LogP contribution in [-0.2, 0) is 13.2 Å². The third kappa shape index (κ3) is 4.11. The average molecular weight is 325 g/mol. The standard InChI is InChI=1S/C15H14Cl2N2O2/c16-12-6-3-7-13(14(12)17)19-15(21)18-8-10-4-1-2-5-11(10)9-20/h1-7,20H,8-9H2,(H2,18,19,21). The van der Waals surface area contributed by atoms with E-state index in [1.807, 2.05) is 24.3 Å². The van der Waals surface area contributed by atoms with Gasteiger partial charge in [-0.05, 0) is 23.3 Å². The predicted octanol–water partition coefficient (Wildman–Crippen LogP) is 3.81. The highest BCUT2D eigenvalue weighted by atomic mass is 35.5. The third-order valence-electron chi connectivity index (χ3n) is 2.93. The second kappa shape index (κ2) is 7.31. The van der Waals surface area contributed by atoms with Crippen molar-refractivity contribution in [3.8, 4) is 0 Å². The summed E-state index contributed by atoms with van der Waals surface area (Å²) in [5, 5.41) is 15.2. The van der Waals surface area contributed by atoms with Gasteiger partial charge in [-0.25, -0.2) is 4.79 Å². The first-order chi connectivity index (χ1) is 10.1. The minimum absolute atomic E-state index is 0.0698. The van der Waals surface area contributed by atoms with Crippen molar-refractivity contribution in [3.63, 3.8) is 0 Å². The van der Waals surface area contributed by atoms with Gasteiger partial charge in [-0.2, -0.15) is 0 Å². The number of carbonyl (C=O) groups is 1. The second-order valence-corrected chi connectivity index (χ2v) is 5.12.